The van der Waals surface area contributed by atoms with Crippen molar-refractivity contribution in [2.45, 2.75) is 11.6 Å². The first-order valence-corrected chi connectivity index (χ1v) is 3.48. The van der Waals surface area contributed by atoms with Crippen molar-refractivity contribution in [3.8, 4) is 0 Å². The van der Waals surface area contributed by atoms with Crippen LogP contribution in [0.2, 0.25) is 0 Å². The summed E-state index contributed by atoms with van der Waals surface area (Å²) >= 11 is 0. The van der Waals surface area contributed by atoms with Gasteiger partial charge in [0.25, 0.3) is 0 Å². The van der Waals surface area contributed by atoms with Crippen LogP contribution in [0.5, 0.6) is 0 Å². The second kappa shape index (κ2) is 3.25. The van der Waals surface area contributed by atoms with E-state index >= 15 is 0 Å². The number of aliphatic hydroxyl groups is 4. The Labute approximate surface area is 69.0 Å². The quantitative estimate of drug-likeness (QED) is 0.372. The van der Waals surface area contributed by atoms with Crippen molar-refractivity contribution >= 4 is 0 Å². The standard InChI is InChI=1S/C6H12O6/c7-1-5(9)3-11-4-6(10,2-8)12-5/h7-10H,1-4H2. The second-order valence-corrected chi connectivity index (χ2v) is 2.80. The van der Waals surface area contributed by atoms with E-state index in [-0.39, 0.29) is 13.2 Å². The average molecular weight is 180 g/mol. The van der Waals surface area contributed by atoms with E-state index in [1.54, 1.807) is 0 Å². The molecule has 1 heterocycles. The first-order valence-electron chi connectivity index (χ1n) is 3.48. The minimum Gasteiger partial charge on any atom is -0.391 e. The van der Waals surface area contributed by atoms with Crippen LogP contribution in [0.15, 0.2) is 0 Å². The predicted molar refractivity (Wildman–Crippen MR) is 36.0 cm³/mol. The van der Waals surface area contributed by atoms with Gasteiger partial charge in [0.15, 0.2) is 0 Å². The number of ether oxygens (including phenoxy) is 2. The van der Waals surface area contributed by atoms with Gasteiger partial charge in [-0.3, -0.25) is 0 Å². The Kier molecular flexibility index (Phi) is 2.67. The van der Waals surface area contributed by atoms with Gasteiger partial charge >= 0.3 is 0 Å². The second-order valence-electron chi connectivity index (χ2n) is 2.80. The Hall–Kier alpha value is -0.240. The van der Waals surface area contributed by atoms with Crippen LogP contribution in [0.25, 0.3) is 0 Å². The van der Waals surface area contributed by atoms with E-state index in [9.17, 15) is 10.2 Å². The zero-order valence-electron chi connectivity index (χ0n) is 6.43. The number of hydrogen-bond acceptors (Lipinski definition) is 6. The van der Waals surface area contributed by atoms with Gasteiger partial charge in [0.05, 0.1) is 13.2 Å². The molecule has 0 amide bonds. The molecule has 12 heavy (non-hydrogen) atoms. The molecule has 2 unspecified atom stereocenters. The van der Waals surface area contributed by atoms with Crippen LogP contribution in [0.1, 0.15) is 0 Å². The molecule has 0 aromatic carbocycles. The van der Waals surface area contributed by atoms with Crippen molar-refractivity contribution in [2.24, 2.45) is 0 Å². The summed E-state index contributed by atoms with van der Waals surface area (Å²) in [4.78, 5) is 0. The summed E-state index contributed by atoms with van der Waals surface area (Å²) in [6, 6.07) is 0. The van der Waals surface area contributed by atoms with Crippen molar-refractivity contribution in [3.63, 3.8) is 0 Å². The van der Waals surface area contributed by atoms with Gasteiger partial charge in [-0.1, -0.05) is 0 Å². The molecule has 0 aliphatic carbocycles. The zero-order chi connectivity index (χ0) is 9.24. The molecule has 4 N–H and O–H groups in total. The predicted octanol–water partition coefficient (Wildman–Crippen LogP) is -2.60. The maximum Gasteiger partial charge on any atom is 0.216 e. The Morgan fingerprint density at radius 2 is 1.42 bits per heavy atom. The maximum atomic E-state index is 9.28. The highest BCUT2D eigenvalue weighted by atomic mass is 16.8. The van der Waals surface area contributed by atoms with E-state index in [1.165, 1.54) is 0 Å². The molecule has 1 aliphatic heterocycles. The topological polar surface area (TPSA) is 99.4 Å². The third-order valence-electron chi connectivity index (χ3n) is 1.53. The average Bonchev–Trinajstić information content (AvgIpc) is 2.05. The smallest absolute Gasteiger partial charge is 0.216 e. The summed E-state index contributed by atoms with van der Waals surface area (Å²) in [5.41, 5.74) is 0. The molecule has 0 radical (unpaired) electrons. The summed E-state index contributed by atoms with van der Waals surface area (Å²) < 4.78 is 9.38. The number of rotatable bonds is 2. The van der Waals surface area contributed by atoms with Crippen molar-refractivity contribution in [1.29, 1.82) is 0 Å². The molecule has 1 aliphatic rings. The molecule has 0 spiro atoms. The van der Waals surface area contributed by atoms with E-state index in [1.807, 2.05) is 0 Å². The van der Waals surface area contributed by atoms with E-state index in [0.717, 1.165) is 0 Å². The van der Waals surface area contributed by atoms with Crippen LogP contribution in [0.4, 0.5) is 0 Å². The largest absolute Gasteiger partial charge is 0.391 e. The highest BCUT2D eigenvalue weighted by Crippen LogP contribution is 2.22. The Morgan fingerprint density at radius 3 is 1.75 bits per heavy atom. The molecule has 72 valence electrons. The Balaban J connectivity index is 2.62. The summed E-state index contributed by atoms with van der Waals surface area (Å²) in [6.45, 7) is -1.86. The molecule has 2 atom stereocenters. The fourth-order valence-corrected chi connectivity index (χ4v) is 0.938. The third kappa shape index (κ3) is 1.92. The summed E-state index contributed by atoms with van der Waals surface area (Å²) in [5, 5.41) is 35.8. The molecule has 1 fully saturated rings. The molecule has 0 aromatic rings. The maximum absolute atomic E-state index is 9.28. The van der Waals surface area contributed by atoms with Gasteiger partial charge in [-0.25, -0.2) is 0 Å². The minimum atomic E-state index is -1.92. The fourth-order valence-electron chi connectivity index (χ4n) is 0.938. The lowest BCUT2D eigenvalue weighted by Gasteiger charge is -2.39. The van der Waals surface area contributed by atoms with Crippen molar-refractivity contribution in [2.75, 3.05) is 26.4 Å². The molecular formula is C6H12O6. The van der Waals surface area contributed by atoms with Crippen molar-refractivity contribution in [3.05, 3.63) is 0 Å². The van der Waals surface area contributed by atoms with Crippen LogP contribution in [0, 0.1) is 0 Å². The van der Waals surface area contributed by atoms with E-state index in [4.69, 9.17) is 14.9 Å². The first kappa shape index (κ1) is 9.85. The lowest BCUT2D eigenvalue weighted by molar-refractivity contribution is -0.403. The number of hydrogen-bond donors (Lipinski definition) is 4. The van der Waals surface area contributed by atoms with Crippen LogP contribution in [0.3, 0.4) is 0 Å². The molecule has 0 bridgehead atoms. The van der Waals surface area contributed by atoms with Crippen LogP contribution in [-0.2, 0) is 9.47 Å². The molecule has 6 heteroatoms. The molecule has 0 saturated carbocycles. The van der Waals surface area contributed by atoms with Gasteiger partial charge < -0.3 is 29.9 Å². The van der Waals surface area contributed by atoms with Gasteiger partial charge in [0.1, 0.15) is 13.2 Å². The van der Waals surface area contributed by atoms with Crippen molar-refractivity contribution in [1.82, 2.24) is 0 Å². The summed E-state index contributed by atoms with van der Waals surface area (Å²) in [5.74, 6) is -3.84. The highest BCUT2D eigenvalue weighted by molar-refractivity contribution is 4.78. The van der Waals surface area contributed by atoms with Crippen LogP contribution in [-0.4, -0.2) is 58.4 Å². The van der Waals surface area contributed by atoms with Crippen molar-refractivity contribution < 1.29 is 29.9 Å². The molecular weight excluding hydrogens is 168 g/mol. The number of aliphatic hydroxyl groups excluding tert-OH is 2. The normalized spacial score (nSPS) is 43.0. The van der Waals surface area contributed by atoms with E-state index in [2.05, 4.69) is 4.74 Å². The zero-order valence-corrected chi connectivity index (χ0v) is 6.43. The fraction of sp³-hybridized carbons (Fsp3) is 1.00. The van der Waals surface area contributed by atoms with E-state index in [0.29, 0.717) is 0 Å². The third-order valence-corrected chi connectivity index (χ3v) is 1.53. The lowest BCUT2D eigenvalue weighted by Crippen LogP contribution is -2.58. The highest BCUT2D eigenvalue weighted by Gasteiger charge is 2.44. The van der Waals surface area contributed by atoms with Gasteiger partial charge in [-0.05, 0) is 0 Å². The Morgan fingerprint density at radius 1 is 1.00 bits per heavy atom. The lowest BCUT2D eigenvalue weighted by atomic mass is 10.2. The van der Waals surface area contributed by atoms with Gasteiger partial charge in [-0.2, -0.15) is 0 Å². The minimum absolute atomic E-state index is 0.230. The first-order chi connectivity index (χ1) is 5.54. The van der Waals surface area contributed by atoms with Gasteiger partial charge in [-0.15, -0.1) is 0 Å². The van der Waals surface area contributed by atoms with E-state index < -0.39 is 24.8 Å². The van der Waals surface area contributed by atoms with Crippen LogP contribution < -0.4 is 0 Å². The van der Waals surface area contributed by atoms with Gasteiger partial charge in [0.2, 0.25) is 11.6 Å². The molecule has 1 saturated heterocycles. The molecule has 1 rings (SSSR count). The van der Waals surface area contributed by atoms with Gasteiger partial charge in [0, 0.05) is 0 Å². The monoisotopic (exact) mass is 180 g/mol. The SMILES string of the molecule is OCC1(O)COCC(O)(CO)O1. The Bertz CT molecular complexity index is 146. The van der Waals surface area contributed by atoms with Crippen LogP contribution >= 0.6 is 0 Å². The summed E-state index contributed by atoms with van der Waals surface area (Å²) in [6.07, 6.45) is 0. The molecule has 0 aromatic heterocycles. The summed E-state index contributed by atoms with van der Waals surface area (Å²) in [7, 11) is 0. The molecule has 6 nitrogen and oxygen atoms in total.